The molecule has 21 heavy (non-hydrogen) atoms. The fourth-order valence-corrected chi connectivity index (χ4v) is 2.13. The molecule has 0 radical (unpaired) electrons. The van der Waals surface area contributed by atoms with Gasteiger partial charge >= 0.3 is 7.82 Å². The summed E-state index contributed by atoms with van der Waals surface area (Å²) >= 11 is 0. The van der Waals surface area contributed by atoms with Crippen molar-refractivity contribution in [2.24, 2.45) is 0 Å². The summed E-state index contributed by atoms with van der Waals surface area (Å²) in [7, 11) is -4.64. The maximum Gasteiger partial charge on any atom is 0.466 e. The van der Waals surface area contributed by atoms with Crippen molar-refractivity contribution in [1.29, 1.82) is 0 Å². The Kier molecular flexibility index (Phi) is 20.1. The van der Waals surface area contributed by atoms with E-state index < -0.39 is 7.82 Å². The first-order valence-corrected chi connectivity index (χ1v) is 9.87. The van der Waals surface area contributed by atoms with Gasteiger partial charge in [0.15, 0.2) is 0 Å². The lowest BCUT2D eigenvalue weighted by atomic mass is 10.0. The van der Waals surface area contributed by atoms with E-state index in [1.165, 1.54) is 77.0 Å². The molecule has 5 nitrogen and oxygen atoms in total. The van der Waals surface area contributed by atoms with Gasteiger partial charge in [-0.05, 0) is 6.42 Å². The molecule has 0 fully saturated rings. The van der Waals surface area contributed by atoms with Crippen LogP contribution in [0.25, 0.3) is 0 Å². The first-order chi connectivity index (χ1) is 9.91. The van der Waals surface area contributed by atoms with E-state index in [0.29, 0.717) is 6.61 Å². The predicted molar refractivity (Wildman–Crippen MR) is 87.0 cm³/mol. The van der Waals surface area contributed by atoms with Gasteiger partial charge in [-0.3, -0.25) is 0 Å². The Morgan fingerprint density at radius 3 is 1.10 bits per heavy atom. The number of hydrogen-bond acceptors (Lipinski definition) is 2. The number of rotatable bonds is 13. The fourth-order valence-electron chi connectivity index (χ4n) is 2.13. The van der Waals surface area contributed by atoms with Crippen molar-refractivity contribution in [1.82, 2.24) is 0 Å². The second-order valence-corrected chi connectivity index (χ2v) is 6.51. The van der Waals surface area contributed by atoms with E-state index in [1.54, 1.807) is 0 Å². The molecular formula is C15H35O5P. The van der Waals surface area contributed by atoms with Crippen molar-refractivity contribution in [3.63, 3.8) is 0 Å². The minimum absolute atomic E-state index is 0.373. The lowest BCUT2D eigenvalue weighted by Crippen LogP contribution is -1.84. The van der Waals surface area contributed by atoms with Crippen LogP contribution in [0.5, 0.6) is 0 Å². The average Bonchev–Trinajstić information content (AvgIpc) is 2.38. The zero-order valence-corrected chi connectivity index (χ0v) is 14.4. The minimum Gasteiger partial charge on any atom is -0.396 e. The van der Waals surface area contributed by atoms with Crippen LogP contribution in [0.4, 0.5) is 0 Å². The molecule has 0 spiro atoms. The summed E-state index contributed by atoms with van der Waals surface area (Å²) < 4.78 is 8.88. The third kappa shape index (κ3) is 38.4. The van der Waals surface area contributed by atoms with E-state index in [9.17, 15) is 0 Å². The van der Waals surface area contributed by atoms with Crippen LogP contribution >= 0.6 is 7.82 Å². The summed E-state index contributed by atoms with van der Waals surface area (Å²) in [6, 6.07) is 0. The van der Waals surface area contributed by atoms with Gasteiger partial charge in [-0.25, -0.2) is 4.57 Å². The van der Waals surface area contributed by atoms with Gasteiger partial charge in [0.25, 0.3) is 0 Å². The van der Waals surface area contributed by atoms with Gasteiger partial charge < -0.3 is 19.8 Å². The third-order valence-corrected chi connectivity index (χ3v) is 3.26. The lowest BCUT2D eigenvalue weighted by molar-refractivity contribution is 0.275. The second-order valence-electron chi connectivity index (χ2n) is 5.48. The molecule has 4 N–H and O–H groups in total. The molecule has 0 heterocycles. The van der Waals surface area contributed by atoms with Gasteiger partial charge in [0.1, 0.15) is 0 Å². The van der Waals surface area contributed by atoms with E-state index in [2.05, 4.69) is 6.92 Å². The van der Waals surface area contributed by atoms with Crippen LogP contribution in [0.15, 0.2) is 0 Å². The monoisotopic (exact) mass is 326 g/mol. The van der Waals surface area contributed by atoms with Crippen molar-refractivity contribution >= 4 is 7.82 Å². The van der Waals surface area contributed by atoms with Crippen LogP contribution in [0.2, 0.25) is 0 Å². The molecule has 130 valence electrons. The number of unbranched alkanes of at least 4 members (excludes halogenated alkanes) is 12. The Morgan fingerprint density at radius 1 is 0.619 bits per heavy atom. The summed E-state index contributed by atoms with van der Waals surface area (Å²) in [5.74, 6) is 0. The molecule has 0 aliphatic carbocycles. The fraction of sp³-hybridized carbons (Fsp3) is 1.00. The SMILES string of the molecule is CCCCCCCCCCCCCCCO.O=P(O)(O)O. The molecule has 6 heteroatoms. The van der Waals surface area contributed by atoms with Gasteiger partial charge in [-0.2, -0.15) is 0 Å². The van der Waals surface area contributed by atoms with Gasteiger partial charge in [0.2, 0.25) is 0 Å². The Morgan fingerprint density at radius 2 is 0.857 bits per heavy atom. The highest BCUT2D eigenvalue weighted by Gasteiger charge is 2.00. The number of aliphatic hydroxyl groups is 1. The number of phosphoric acid groups is 1. The maximum absolute atomic E-state index is 8.88. The number of hydrogen-bond donors (Lipinski definition) is 4. The number of aliphatic hydroxyl groups excluding tert-OH is 1. The van der Waals surface area contributed by atoms with Crippen LogP contribution in [0.3, 0.4) is 0 Å². The Labute approximate surface area is 130 Å². The van der Waals surface area contributed by atoms with Crippen LogP contribution < -0.4 is 0 Å². The van der Waals surface area contributed by atoms with Crippen molar-refractivity contribution in [2.45, 2.75) is 90.4 Å². The highest BCUT2D eigenvalue weighted by molar-refractivity contribution is 7.45. The smallest absolute Gasteiger partial charge is 0.396 e. The van der Waals surface area contributed by atoms with E-state index in [-0.39, 0.29) is 0 Å². The maximum atomic E-state index is 8.88. The molecular weight excluding hydrogens is 291 g/mol. The normalized spacial score (nSPS) is 11.1. The summed E-state index contributed by atoms with van der Waals surface area (Å²) in [6.07, 6.45) is 17.7. The van der Waals surface area contributed by atoms with Crippen LogP contribution in [0, 0.1) is 0 Å². The van der Waals surface area contributed by atoms with Crippen molar-refractivity contribution in [3.8, 4) is 0 Å². The first-order valence-electron chi connectivity index (χ1n) is 8.31. The summed E-state index contributed by atoms with van der Waals surface area (Å²) in [6.45, 7) is 2.65. The zero-order chi connectivity index (χ0) is 16.4. The topological polar surface area (TPSA) is 98.0 Å². The Balaban J connectivity index is 0. The second kappa shape index (κ2) is 18.1. The van der Waals surface area contributed by atoms with Gasteiger partial charge in [-0.1, -0.05) is 84.0 Å². The molecule has 0 atom stereocenters. The zero-order valence-electron chi connectivity index (χ0n) is 13.5. The first kappa shape index (κ1) is 23.3. The average molecular weight is 326 g/mol. The summed E-state index contributed by atoms with van der Waals surface area (Å²) in [4.78, 5) is 21.6. The van der Waals surface area contributed by atoms with Crippen LogP contribution in [-0.2, 0) is 4.57 Å². The van der Waals surface area contributed by atoms with E-state index in [4.69, 9.17) is 24.4 Å². The third-order valence-electron chi connectivity index (χ3n) is 3.26. The summed E-state index contributed by atoms with van der Waals surface area (Å²) in [5.41, 5.74) is 0. The Hall–Kier alpha value is 0.0700. The standard InChI is InChI=1S/C15H32O.H3O4P/c1-2-3-4-5-6-7-8-9-10-11-12-13-14-15-16;1-5(2,3)4/h16H,2-15H2,1H3;(H3,1,2,3,4). The van der Waals surface area contributed by atoms with Crippen molar-refractivity contribution < 1.29 is 24.4 Å². The molecule has 0 aromatic carbocycles. The molecule has 0 aliphatic rings. The molecule has 0 aromatic heterocycles. The molecule has 0 aromatic rings. The lowest BCUT2D eigenvalue weighted by Gasteiger charge is -2.02. The molecule has 0 amide bonds. The van der Waals surface area contributed by atoms with E-state index in [0.717, 1.165) is 6.42 Å². The van der Waals surface area contributed by atoms with Gasteiger partial charge in [-0.15, -0.1) is 0 Å². The molecule has 0 unspecified atom stereocenters. The van der Waals surface area contributed by atoms with Gasteiger partial charge in [0, 0.05) is 6.61 Å². The Bertz CT molecular complexity index is 208. The largest absolute Gasteiger partial charge is 0.466 e. The molecule has 0 bridgehead atoms. The predicted octanol–water partition coefficient (Wildman–Crippen LogP) is 4.14. The van der Waals surface area contributed by atoms with E-state index in [1.807, 2.05) is 0 Å². The minimum atomic E-state index is -4.64. The van der Waals surface area contributed by atoms with Crippen molar-refractivity contribution in [2.75, 3.05) is 6.61 Å². The molecule has 0 aliphatic heterocycles. The molecule has 0 saturated heterocycles. The van der Waals surface area contributed by atoms with Crippen LogP contribution in [0.1, 0.15) is 90.4 Å². The van der Waals surface area contributed by atoms with Crippen molar-refractivity contribution in [3.05, 3.63) is 0 Å². The highest BCUT2D eigenvalue weighted by atomic mass is 31.2. The quantitative estimate of drug-likeness (QED) is 0.301. The molecule has 0 saturated carbocycles. The highest BCUT2D eigenvalue weighted by Crippen LogP contribution is 2.25. The van der Waals surface area contributed by atoms with Gasteiger partial charge in [0.05, 0.1) is 0 Å². The van der Waals surface area contributed by atoms with E-state index >= 15 is 0 Å². The van der Waals surface area contributed by atoms with Crippen LogP contribution in [-0.4, -0.2) is 26.4 Å². The molecule has 0 rings (SSSR count). The summed E-state index contributed by atoms with van der Waals surface area (Å²) in [5, 5.41) is 8.63.